The van der Waals surface area contributed by atoms with Crippen LogP contribution in [0.5, 0.6) is 5.75 Å². The molecule has 5 nitrogen and oxygen atoms in total. The SMILES string of the molecule is CCOP(=O)(OCC)[C@@H](Nc1cc(Cl)cc(Cl)c1)c1cccc(O)c1. The highest BCUT2D eigenvalue weighted by molar-refractivity contribution is 7.54. The number of nitrogens with one attached hydrogen (secondary N) is 1. The van der Waals surface area contributed by atoms with E-state index in [0.29, 0.717) is 21.3 Å². The molecule has 0 bridgehead atoms. The Balaban J connectivity index is 2.49. The minimum absolute atomic E-state index is 0.0490. The van der Waals surface area contributed by atoms with Crippen LogP contribution in [0.1, 0.15) is 25.2 Å². The molecule has 0 aliphatic rings. The zero-order valence-corrected chi connectivity index (χ0v) is 16.3. The van der Waals surface area contributed by atoms with Gasteiger partial charge in [-0.15, -0.1) is 0 Å². The smallest absolute Gasteiger partial charge is 0.357 e. The first-order chi connectivity index (χ1) is 11.9. The highest BCUT2D eigenvalue weighted by Gasteiger charge is 2.37. The summed E-state index contributed by atoms with van der Waals surface area (Å²) in [7, 11) is -3.58. The second-order valence-corrected chi connectivity index (χ2v) is 8.16. The lowest BCUT2D eigenvalue weighted by Crippen LogP contribution is -2.15. The van der Waals surface area contributed by atoms with Crippen molar-refractivity contribution in [2.24, 2.45) is 0 Å². The molecular weight excluding hydrogens is 384 g/mol. The van der Waals surface area contributed by atoms with E-state index >= 15 is 0 Å². The van der Waals surface area contributed by atoms with Gasteiger partial charge in [0.1, 0.15) is 5.75 Å². The van der Waals surface area contributed by atoms with E-state index in [2.05, 4.69) is 5.32 Å². The molecule has 0 amide bonds. The van der Waals surface area contributed by atoms with Crippen molar-refractivity contribution in [3.05, 3.63) is 58.1 Å². The normalized spacial score (nSPS) is 12.8. The Morgan fingerprint density at radius 1 is 1.08 bits per heavy atom. The van der Waals surface area contributed by atoms with Crippen LogP contribution >= 0.6 is 30.8 Å². The Morgan fingerprint density at radius 3 is 2.20 bits per heavy atom. The predicted molar refractivity (Wildman–Crippen MR) is 102 cm³/mol. The molecule has 1 atom stereocenters. The molecule has 0 aliphatic carbocycles. The largest absolute Gasteiger partial charge is 0.508 e. The van der Waals surface area contributed by atoms with E-state index < -0.39 is 13.4 Å². The van der Waals surface area contributed by atoms with Crippen molar-refractivity contribution < 1.29 is 18.7 Å². The van der Waals surface area contributed by atoms with Crippen LogP contribution in [-0.2, 0) is 13.6 Å². The summed E-state index contributed by atoms with van der Waals surface area (Å²) in [5.74, 6) is -0.790. The molecule has 25 heavy (non-hydrogen) atoms. The van der Waals surface area contributed by atoms with Crippen LogP contribution < -0.4 is 5.32 Å². The summed E-state index contributed by atoms with van der Waals surface area (Å²) in [4.78, 5) is 0. The lowest BCUT2D eigenvalue weighted by atomic mass is 10.2. The zero-order chi connectivity index (χ0) is 18.4. The van der Waals surface area contributed by atoms with Crippen molar-refractivity contribution in [1.82, 2.24) is 0 Å². The second kappa shape index (κ2) is 8.93. The molecular formula is C17H20Cl2NO4P. The third-order valence-electron chi connectivity index (χ3n) is 3.29. The first kappa shape index (κ1) is 20.1. The molecule has 0 aromatic heterocycles. The minimum atomic E-state index is -3.58. The minimum Gasteiger partial charge on any atom is -0.508 e. The summed E-state index contributed by atoms with van der Waals surface area (Å²) in [6.45, 7) is 3.90. The van der Waals surface area contributed by atoms with Gasteiger partial charge >= 0.3 is 7.60 Å². The number of hydrogen-bond donors (Lipinski definition) is 2. The highest BCUT2D eigenvalue weighted by Crippen LogP contribution is 2.61. The van der Waals surface area contributed by atoms with Gasteiger partial charge < -0.3 is 19.5 Å². The van der Waals surface area contributed by atoms with Crippen LogP contribution in [0.4, 0.5) is 5.69 Å². The highest BCUT2D eigenvalue weighted by atomic mass is 35.5. The van der Waals surface area contributed by atoms with Crippen molar-refractivity contribution >= 4 is 36.5 Å². The van der Waals surface area contributed by atoms with Crippen molar-refractivity contribution in [2.45, 2.75) is 19.6 Å². The average Bonchev–Trinajstić information content (AvgIpc) is 2.52. The quantitative estimate of drug-likeness (QED) is 0.523. The molecule has 136 valence electrons. The van der Waals surface area contributed by atoms with E-state index in [4.69, 9.17) is 32.2 Å². The topological polar surface area (TPSA) is 67.8 Å². The summed E-state index contributed by atoms with van der Waals surface area (Å²) in [6, 6.07) is 11.3. The third kappa shape index (κ3) is 5.37. The van der Waals surface area contributed by atoms with Crippen LogP contribution in [0.2, 0.25) is 10.0 Å². The number of hydrogen-bond acceptors (Lipinski definition) is 5. The molecule has 2 rings (SSSR count). The Hall–Kier alpha value is -1.23. The molecule has 0 radical (unpaired) electrons. The summed E-state index contributed by atoms with van der Waals surface area (Å²) in [5.41, 5.74) is 1.12. The van der Waals surface area contributed by atoms with Crippen LogP contribution in [0, 0.1) is 0 Å². The van der Waals surface area contributed by atoms with Crippen molar-refractivity contribution in [3.63, 3.8) is 0 Å². The molecule has 0 fully saturated rings. The maximum atomic E-state index is 13.3. The number of aromatic hydroxyl groups is 1. The van der Waals surface area contributed by atoms with Crippen LogP contribution in [0.25, 0.3) is 0 Å². The van der Waals surface area contributed by atoms with Gasteiger partial charge in [-0.05, 0) is 49.7 Å². The average molecular weight is 404 g/mol. The maximum Gasteiger partial charge on any atom is 0.357 e. The van der Waals surface area contributed by atoms with E-state index in [-0.39, 0.29) is 19.0 Å². The van der Waals surface area contributed by atoms with Crippen LogP contribution in [-0.4, -0.2) is 18.3 Å². The number of rotatable bonds is 8. The molecule has 8 heteroatoms. The Kier molecular flexibility index (Phi) is 7.17. The van der Waals surface area contributed by atoms with Gasteiger partial charge in [0.2, 0.25) is 0 Å². The monoisotopic (exact) mass is 403 g/mol. The van der Waals surface area contributed by atoms with Crippen molar-refractivity contribution in [3.8, 4) is 5.75 Å². The van der Waals surface area contributed by atoms with E-state index in [1.807, 2.05) is 0 Å². The Bertz CT molecular complexity index is 742. The van der Waals surface area contributed by atoms with Gasteiger partial charge in [-0.1, -0.05) is 35.3 Å². The molecule has 2 aromatic rings. The van der Waals surface area contributed by atoms with Gasteiger partial charge in [-0.2, -0.15) is 0 Å². The fourth-order valence-corrected chi connectivity index (χ4v) is 4.83. The summed E-state index contributed by atoms with van der Waals surface area (Å²) in [6.07, 6.45) is 0. The summed E-state index contributed by atoms with van der Waals surface area (Å²) < 4.78 is 24.3. The lowest BCUT2D eigenvalue weighted by Gasteiger charge is -2.28. The number of benzene rings is 2. The number of phenolic OH excluding ortho intramolecular Hbond substituents is 1. The first-order valence-corrected chi connectivity index (χ1v) is 10.1. The molecule has 0 spiro atoms. The summed E-state index contributed by atoms with van der Waals surface area (Å²) in [5, 5.41) is 13.8. The van der Waals surface area contributed by atoms with Gasteiger partial charge in [0.05, 0.1) is 13.2 Å². The number of halogens is 2. The van der Waals surface area contributed by atoms with E-state index in [1.165, 1.54) is 12.1 Å². The lowest BCUT2D eigenvalue weighted by molar-refractivity contribution is 0.214. The molecule has 2 N–H and O–H groups in total. The maximum absolute atomic E-state index is 13.3. The molecule has 0 saturated carbocycles. The first-order valence-electron chi connectivity index (χ1n) is 7.78. The number of anilines is 1. The van der Waals surface area contributed by atoms with Gasteiger partial charge in [0.15, 0.2) is 5.78 Å². The number of phenols is 1. The van der Waals surface area contributed by atoms with E-state index in [1.54, 1.807) is 44.2 Å². The van der Waals surface area contributed by atoms with Crippen molar-refractivity contribution in [2.75, 3.05) is 18.5 Å². The summed E-state index contributed by atoms with van der Waals surface area (Å²) >= 11 is 12.1. The molecule has 0 saturated heterocycles. The molecule has 0 aliphatic heterocycles. The Morgan fingerprint density at radius 2 is 1.68 bits per heavy atom. The third-order valence-corrected chi connectivity index (χ3v) is 6.02. The predicted octanol–water partition coefficient (Wildman–Crippen LogP) is 6.08. The Labute approximate surface area is 157 Å². The fraction of sp³-hybridized carbons (Fsp3) is 0.294. The van der Waals surface area contributed by atoms with Gasteiger partial charge in [0, 0.05) is 15.7 Å². The molecule has 2 aromatic carbocycles. The standard InChI is InChI=1S/C17H20Cl2NO4P/c1-3-23-25(22,24-4-2)17(12-6-5-7-16(21)8-12)20-15-10-13(18)9-14(19)11-15/h5-11,17,20-21H,3-4H2,1-2H3/t17-/m1/s1. The van der Waals surface area contributed by atoms with Gasteiger partial charge in [-0.3, -0.25) is 4.57 Å². The fourth-order valence-electron chi connectivity index (χ4n) is 2.38. The molecule has 0 unspecified atom stereocenters. The van der Waals surface area contributed by atoms with Gasteiger partial charge in [0.25, 0.3) is 0 Å². The molecule has 0 heterocycles. The van der Waals surface area contributed by atoms with Crippen molar-refractivity contribution in [1.29, 1.82) is 0 Å². The van der Waals surface area contributed by atoms with Crippen LogP contribution in [0.3, 0.4) is 0 Å². The second-order valence-electron chi connectivity index (χ2n) is 5.18. The zero-order valence-electron chi connectivity index (χ0n) is 13.9. The van der Waals surface area contributed by atoms with E-state index in [9.17, 15) is 9.67 Å². The van der Waals surface area contributed by atoms with Gasteiger partial charge in [-0.25, -0.2) is 0 Å². The van der Waals surface area contributed by atoms with E-state index in [0.717, 1.165) is 0 Å². The van der Waals surface area contributed by atoms with Crippen LogP contribution in [0.15, 0.2) is 42.5 Å².